The zero-order valence-electron chi connectivity index (χ0n) is 24.5. The summed E-state index contributed by atoms with van der Waals surface area (Å²) in [6, 6.07) is 16.0. The lowest BCUT2D eigenvalue weighted by Crippen LogP contribution is -2.56. The van der Waals surface area contributed by atoms with Crippen molar-refractivity contribution in [3.05, 3.63) is 99.9 Å². The molecule has 0 bridgehead atoms. The highest BCUT2D eigenvalue weighted by molar-refractivity contribution is 7.89. The molecule has 15 heteroatoms. The first kappa shape index (κ1) is 33.6. The smallest absolute Gasteiger partial charge is 0.265 e. The lowest BCUT2D eigenvalue weighted by atomic mass is 9.88. The fourth-order valence-corrected chi connectivity index (χ4v) is 8.75. The molecule has 1 aliphatic rings. The Morgan fingerprint density at radius 2 is 1.05 bits per heavy atom. The van der Waals surface area contributed by atoms with Crippen LogP contribution in [0.5, 0.6) is 0 Å². The molecule has 1 unspecified atom stereocenters. The number of benzene rings is 3. The molecule has 44 heavy (non-hydrogen) atoms. The van der Waals surface area contributed by atoms with Crippen molar-refractivity contribution >= 4 is 30.3 Å². The Balaban J connectivity index is 1.71. The molecule has 236 valence electrons. The quantitative estimate of drug-likeness (QED) is 0.114. The summed E-state index contributed by atoms with van der Waals surface area (Å²) < 4.78 is 92.4. The minimum atomic E-state index is -4.32. The highest BCUT2D eigenvalue weighted by Gasteiger charge is 2.44. The summed E-state index contributed by atoms with van der Waals surface area (Å²) >= 11 is 0. The molecular weight excluding hydrogens is 629 g/mol. The predicted octanol–water partition coefficient (Wildman–Crippen LogP) is 4.87. The van der Waals surface area contributed by atoms with E-state index in [9.17, 15) is 25.3 Å². The summed E-state index contributed by atoms with van der Waals surface area (Å²) in [4.78, 5) is 2.55. The van der Waals surface area contributed by atoms with E-state index >= 15 is 0 Å². The van der Waals surface area contributed by atoms with E-state index < -0.39 is 61.5 Å². The molecule has 4 rings (SSSR count). The standard InChI is InChI=1S/C29H34N4O8S3/c1-21-4-10-27(11-5-21)42(34,35)33-25(19-40-43(36,37)28-12-6-22(2)7-13-28)16-24(18-31-32-30)17-26(33)20-41-44(38,39)29-14-8-23(3)9-15-29/h4-15,24-26H,16-20H2,1-3H3/t24?,25-,26+. The van der Waals surface area contributed by atoms with Crippen LogP contribution in [0.3, 0.4) is 0 Å². The Hall–Kier alpha value is -3.30. The Morgan fingerprint density at radius 3 is 1.41 bits per heavy atom. The van der Waals surface area contributed by atoms with Crippen LogP contribution in [0, 0.1) is 26.7 Å². The van der Waals surface area contributed by atoms with Gasteiger partial charge in [0.25, 0.3) is 20.2 Å². The lowest BCUT2D eigenvalue weighted by Gasteiger charge is -2.43. The first-order chi connectivity index (χ1) is 20.7. The van der Waals surface area contributed by atoms with Crippen LogP contribution in [-0.4, -0.2) is 61.4 Å². The van der Waals surface area contributed by atoms with Gasteiger partial charge in [-0.3, -0.25) is 8.37 Å². The molecule has 3 aromatic rings. The van der Waals surface area contributed by atoms with Crippen molar-refractivity contribution in [2.45, 2.75) is 60.4 Å². The molecule has 1 heterocycles. The van der Waals surface area contributed by atoms with E-state index in [1.807, 2.05) is 0 Å². The lowest BCUT2D eigenvalue weighted by molar-refractivity contribution is 0.0717. The van der Waals surface area contributed by atoms with Gasteiger partial charge in [-0.15, -0.1) is 0 Å². The maximum absolute atomic E-state index is 14.1. The minimum Gasteiger partial charge on any atom is -0.265 e. The second-order valence-electron chi connectivity index (χ2n) is 10.8. The average molecular weight is 663 g/mol. The highest BCUT2D eigenvalue weighted by Crippen LogP contribution is 2.35. The van der Waals surface area contributed by atoms with E-state index in [1.165, 1.54) is 36.4 Å². The molecule has 0 amide bonds. The van der Waals surface area contributed by atoms with Gasteiger partial charge in [-0.1, -0.05) is 58.2 Å². The highest BCUT2D eigenvalue weighted by atomic mass is 32.2. The van der Waals surface area contributed by atoms with Crippen LogP contribution in [-0.2, 0) is 38.6 Å². The molecule has 0 saturated carbocycles. The fraction of sp³-hybridized carbons (Fsp3) is 0.379. The second-order valence-corrected chi connectivity index (χ2v) is 15.9. The van der Waals surface area contributed by atoms with E-state index in [-0.39, 0.29) is 34.1 Å². The molecule has 3 aromatic carbocycles. The van der Waals surface area contributed by atoms with E-state index in [4.69, 9.17) is 13.9 Å². The third-order valence-corrected chi connectivity index (χ3v) is 12.0. The Bertz CT molecular complexity index is 1730. The van der Waals surface area contributed by atoms with Gasteiger partial charge in [0.15, 0.2) is 0 Å². The maximum atomic E-state index is 14.1. The number of piperidine rings is 1. The molecular formula is C29H34N4O8S3. The van der Waals surface area contributed by atoms with Crippen molar-refractivity contribution in [2.24, 2.45) is 11.0 Å². The van der Waals surface area contributed by atoms with Gasteiger partial charge in [0.2, 0.25) is 10.0 Å². The molecule has 1 saturated heterocycles. The predicted molar refractivity (Wildman–Crippen MR) is 163 cm³/mol. The SMILES string of the molecule is Cc1ccc(S(=O)(=O)OC[C@@H]2CC(CN=[N+]=[N-])C[C@H](COS(=O)(=O)c3ccc(C)cc3)N2S(=O)(=O)c2ccc(C)cc2)cc1. The zero-order valence-corrected chi connectivity index (χ0v) is 26.9. The first-order valence-corrected chi connectivity index (χ1v) is 18.0. The third-order valence-electron chi connectivity index (χ3n) is 7.38. The monoisotopic (exact) mass is 662 g/mol. The summed E-state index contributed by atoms with van der Waals surface area (Å²) in [6.07, 6.45) is 0.184. The number of hydrogen-bond donors (Lipinski definition) is 0. The summed E-state index contributed by atoms with van der Waals surface area (Å²) in [5.41, 5.74) is 11.4. The normalized spacial score (nSPS) is 19.8. The van der Waals surface area contributed by atoms with Crippen molar-refractivity contribution in [1.82, 2.24) is 4.31 Å². The van der Waals surface area contributed by atoms with Gasteiger partial charge >= 0.3 is 0 Å². The first-order valence-electron chi connectivity index (χ1n) is 13.8. The van der Waals surface area contributed by atoms with Crippen LogP contribution in [0.25, 0.3) is 10.4 Å². The van der Waals surface area contributed by atoms with E-state index in [0.717, 1.165) is 21.0 Å². The molecule has 0 N–H and O–H groups in total. The van der Waals surface area contributed by atoms with Crippen molar-refractivity contribution < 1.29 is 33.6 Å². The van der Waals surface area contributed by atoms with Crippen molar-refractivity contribution in [3.63, 3.8) is 0 Å². The maximum Gasteiger partial charge on any atom is 0.297 e. The number of hydrogen-bond acceptors (Lipinski definition) is 9. The molecule has 12 nitrogen and oxygen atoms in total. The van der Waals surface area contributed by atoms with Crippen molar-refractivity contribution in [2.75, 3.05) is 19.8 Å². The minimum absolute atomic E-state index is 0.0165. The van der Waals surface area contributed by atoms with Crippen LogP contribution in [0.15, 0.2) is 92.6 Å². The Kier molecular flexibility index (Phi) is 10.5. The number of sulfonamides is 1. The summed E-state index contributed by atoms with van der Waals surface area (Å²) in [7, 11) is -12.9. The molecule has 3 atom stereocenters. The zero-order chi connectivity index (χ0) is 32.1. The van der Waals surface area contributed by atoms with Crippen molar-refractivity contribution in [3.8, 4) is 0 Å². The fourth-order valence-electron chi connectivity index (χ4n) is 5.06. The summed E-state index contributed by atoms with van der Waals surface area (Å²) in [5.74, 6) is -0.415. The van der Waals surface area contributed by atoms with Gasteiger partial charge < -0.3 is 0 Å². The number of nitrogens with zero attached hydrogens (tertiary/aromatic N) is 4. The van der Waals surface area contributed by atoms with Gasteiger partial charge in [-0.2, -0.15) is 21.1 Å². The van der Waals surface area contributed by atoms with Gasteiger partial charge in [0, 0.05) is 11.5 Å². The summed E-state index contributed by atoms with van der Waals surface area (Å²) in [5, 5.41) is 3.64. The van der Waals surface area contributed by atoms with Gasteiger partial charge in [0.05, 0.1) is 40.0 Å². The van der Waals surface area contributed by atoms with Crippen molar-refractivity contribution in [1.29, 1.82) is 0 Å². The Morgan fingerprint density at radius 1 is 0.682 bits per heavy atom. The van der Waals surface area contributed by atoms with Crippen LogP contribution in [0.1, 0.15) is 29.5 Å². The Labute approximate surface area is 258 Å². The van der Waals surface area contributed by atoms with Crippen LogP contribution in [0.4, 0.5) is 0 Å². The topological polar surface area (TPSA) is 173 Å². The molecule has 1 aliphatic heterocycles. The molecule has 0 aliphatic carbocycles. The number of aryl methyl sites for hydroxylation is 3. The third kappa shape index (κ3) is 8.04. The van der Waals surface area contributed by atoms with E-state index in [0.29, 0.717) is 0 Å². The van der Waals surface area contributed by atoms with Gasteiger partial charge in [-0.25, -0.2) is 8.42 Å². The molecule has 0 spiro atoms. The largest absolute Gasteiger partial charge is 0.297 e. The van der Waals surface area contributed by atoms with Crippen LogP contribution >= 0.6 is 0 Å². The van der Waals surface area contributed by atoms with E-state index in [1.54, 1.807) is 57.2 Å². The number of rotatable bonds is 12. The molecule has 0 aromatic heterocycles. The second kappa shape index (κ2) is 13.8. The van der Waals surface area contributed by atoms with Crippen LogP contribution < -0.4 is 0 Å². The molecule has 1 fully saturated rings. The van der Waals surface area contributed by atoms with Gasteiger partial charge in [0.1, 0.15) is 0 Å². The summed E-state index contributed by atoms with van der Waals surface area (Å²) in [6.45, 7) is 4.27. The number of azide groups is 1. The van der Waals surface area contributed by atoms with Crippen LogP contribution in [0.2, 0.25) is 0 Å². The van der Waals surface area contributed by atoms with E-state index in [2.05, 4.69) is 10.0 Å². The molecule has 0 radical (unpaired) electrons. The average Bonchev–Trinajstić information content (AvgIpc) is 2.98. The van der Waals surface area contributed by atoms with Gasteiger partial charge in [-0.05, 0) is 81.5 Å².